The van der Waals surface area contributed by atoms with E-state index in [2.05, 4.69) is 10.2 Å². The first-order valence-corrected chi connectivity index (χ1v) is 4.85. The molecule has 1 aromatic carbocycles. The summed E-state index contributed by atoms with van der Waals surface area (Å²) >= 11 is 0. The number of hydrogen-bond acceptors (Lipinski definition) is 4. The molecule has 0 radical (unpaired) electrons. The summed E-state index contributed by atoms with van der Waals surface area (Å²) in [5.41, 5.74) is 6.69. The molecule has 0 fully saturated rings. The van der Waals surface area contributed by atoms with Crippen LogP contribution < -0.4 is 10.5 Å². The third-order valence-electron chi connectivity index (χ3n) is 2.39. The number of rotatable bonds is 3. The van der Waals surface area contributed by atoms with Crippen LogP contribution in [0.4, 0.5) is 5.82 Å². The minimum absolute atomic E-state index is 0.0207. The summed E-state index contributed by atoms with van der Waals surface area (Å²) in [6.45, 7) is 0. The first kappa shape index (κ1) is 11.0. The summed E-state index contributed by atoms with van der Waals surface area (Å²) in [7, 11) is 1.56. The molecule has 0 bridgehead atoms. The highest BCUT2D eigenvalue weighted by atomic mass is 16.5. The lowest BCUT2D eigenvalue weighted by Crippen LogP contribution is -1.99. The molecule has 6 nitrogen and oxygen atoms in total. The van der Waals surface area contributed by atoms with Gasteiger partial charge < -0.3 is 15.6 Å². The van der Waals surface area contributed by atoms with Crippen LogP contribution in [0, 0.1) is 0 Å². The van der Waals surface area contributed by atoms with Gasteiger partial charge in [-0.25, -0.2) is 4.79 Å². The van der Waals surface area contributed by atoms with Gasteiger partial charge in [0.15, 0.2) is 11.5 Å². The molecule has 0 saturated carbocycles. The molecule has 0 amide bonds. The molecule has 0 aliphatic rings. The Labute approximate surface area is 97.0 Å². The Bertz CT molecular complexity index is 546. The number of ether oxygens (including phenoxy) is 1. The lowest BCUT2D eigenvalue weighted by molar-refractivity contribution is 0.0691. The number of aromatic carboxylic acids is 1. The maximum Gasteiger partial charge on any atom is 0.354 e. The quantitative estimate of drug-likeness (QED) is 0.743. The van der Waals surface area contributed by atoms with Gasteiger partial charge >= 0.3 is 5.97 Å². The third-order valence-corrected chi connectivity index (χ3v) is 2.39. The van der Waals surface area contributed by atoms with Crippen molar-refractivity contribution in [3.05, 3.63) is 30.0 Å². The minimum atomic E-state index is -1.10. The molecular weight excluding hydrogens is 222 g/mol. The minimum Gasteiger partial charge on any atom is -0.497 e. The number of aromatic nitrogens is 2. The van der Waals surface area contributed by atoms with Crippen molar-refractivity contribution in [2.75, 3.05) is 12.8 Å². The summed E-state index contributed by atoms with van der Waals surface area (Å²) in [5, 5.41) is 15.1. The normalized spacial score (nSPS) is 10.2. The van der Waals surface area contributed by atoms with Gasteiger partial charge in [-0.15, -0.1) is 0 Å². The molecule has 88 valence electrons. The monoisotopic (exact) mass is 233 g/mol. The summed E-state index contributed by atoms with van der Waals surface area (Å²) in [6, 6.07) is 6.92. The van der Waals surface area contributed by atoms with Crippen molar-refractivity contribution in [2.45, 2.75) is 0 Å². The molecule has 17 heavy (non-hydrogen) atoms. The number of carbonyl (C=O) groups is 1. The van der Waals surface area contributed by atoms with Crippen LogP contribution in [0.5, 0.6) is 5.75 Å². The Hall–Kier alpha value is -2.50. The van der Waals surface area contributed by atoms with E-state index < -0.39 is 5.97 Å². The predicted molar refractivity (Wildman–Crippen MR) is 61.9 cm³/mol. The summed E-state index contributed by atoms with van der Waals surface area (Å²) in [5.74, 6) is -0.250. The van der Waals surface area contributed by atoms with Gasteiger partial charge in [0.05, 0.1) is 12.7 Å². The number of nitrogens with two attached hydrogens (primary N) is 1. The summed E-state index contributed by atoms with van der Waals surface area (Å²) in [6.07, 6.45) is 0. The van der Waals surface area contributed by atoms with Crippen LogP contribution in [0.1, 0.15) is 10.5 Å². The number of anilines is 1. The number of H-pyrrole nitrogens is 1. The number of carboxylic acids is 1. The van der Waals surface area contributed by atoms with E-state index in [1.54, 1.807) is 31.4 Å². The van der Waals surface area contributed by atoms with E-state index in [1.807, 2.05) is 0 Å². The van der Waals surface area contributed by atoms with E-state index in [1.165, 1.54) is 0 Å². The maximum absolute atomic E-state index is 11.0. The van der Waals surface area contributed by atoms with E-state index in [-0.39, 0.29) is 11.5 Å². The molecule has 1 aromatic heterocycles. The topological polar surface area (TPSA) is 101 Å². The highest BCUT2D eigenvalue weighted by Gasteiger charge is 2.18. The van der Waals surface area contributed by atoms with Crippen LogP contribution in [-0.2, 0) is 0 Å². The second kappa shape index (κ2) is 4.17. The third kappa shape index (κ3) is 1.92. The highest BCUT2D eigenvalue weighted by Crippen LogP contribution is 2.29. The van der Waals surface area contributed by atoms with Crippen LogP contribution in [-0.4, -0.2) is 28.4 Å². The van der Waals surface area contributed by atoms with Crippen molar-refractivity contribution in [2.24, 2.45) is 0 Å². The average molecular weight is 233 g/mol. The van der Waals surface area contributed by atoms with E-state index in [0.29, 0.717) is 16.9 Å². The molecule has 0 aliphatic heterocycles. The van der Waals surface area contributed by atoms with Crippen LogP contribution in [0.15, 0.2) is 24.3 Å². The van der Waals surface area contributed by atoms with E-state index in [4.69, 9.17) is 15.6 Å². The first-order chi connectivity index (χ1) is 8.13. The van der Waals surface area contributed by atoms with Crippen molar-refractivity contribution >= 4 is 11.8 Å². The second-order valence-corrected chi connectivity index (χ2v) is 3.39. The Balaban J connectivity index is 2.51. The fraction of sp³-hybridized carbons (Fsp3) is 0.0909. The van der Waals surface area contributed by atoms with E-state index in [9.17, 15) is 4.79 Å². The largest absolute Gasteiger partial charge is 0.497 e. The van der Waals surface area contributed by atoms with Crippen LogP contribution in [0.25, 0.3) is 11.1 Å². The van der Waals surface area contributed by atoms with Gasteiger partial charge in [0.25, 0.3) is 0 Å². The number of aromatic amines is 1. The molecule has 4 N–H and O–H groups in total. The van der Waals surface area contributed by atoms with Gasteiger partial charge in [0, 0.05) is 0 Å². The van der Waals surface area contributed by atoms with E-state index in [0.717, 1.165) is 0 Å². The van der Waals surface area contributed by atoms with Gasteiger partial charge in [-0.1, -0.05) is 12.1 Å². The molecule has 6 heteroatoms. The predicted octanol–water partition coefficient (Wildman–Crippen LogP) is 1.37. The van der Waals surface area contributed by atoms with Crippen molar-refractivity contribution in [1.29, 1.82) is 0 Å². The summed E-state index contributed by atoms with van der Waals surface area (Å²) < 4.78 is 5.02. The Kier molecular flexibility index (Phi) is 2.70. The lowest BCUT2D eigenvalue weighted by Gasteiger charge is -2.03. The average Bonchev–Trinajstić information content (AvgIpc) is 2.71. The maximum atomic E-state index is 11.0. The molecule has 0 unspecified atom stereocenters. The van der Waals surface area contributed by atoms with Crippen LogP contribution in [0.3, 0.4) is 0 Å². The Morgan fingerprint density at radius 2 is 2.06 bits per heavy atom. The van der Waals surface area contributed by atoms with Crippen molar-refractivity contribution in [3.8, 4) is 16.9 Å². The van der Waals surface area contributed by atoms with Gasteiger partial charge in [-0.3, -0.25) is 5.10 Å². The number of methoxy groups -OCH3 is 1. The SMILES string of the molecule is COc1ccc(-c2c(N)n[nH]c2C(=O)O)cc1. The fourth-order valence-electron chi connectivity index (χ4n) is 1.56. The number of carboxylic acid groups (broad SMARTS) is 1. The molecule has 2 aromatic rings. The van der Waals surface area contributed by atoms with Crippen molar-refractivity contribution in [3.63, 3.8) is 0 Å². The van der Waals surface area contributed by atoms with Crippen molar-refractivity contribution in [1.82, 2.24) is 10.2 Å². The molecule has 0 atom stereocenters. The molecule has 1 heterocycles. The Morgan fingerprint density at radius 3 is 2.59 bits per heavy atom. The fourth-order valence-corrected chi connectivity index (χ4v) is 1.56. The molecular formula is C11H11N3O3. The first-order valence-electron chi connectivity index (χ1n) is 4.85. The number of nitrogens with one attached hydrogen (secondary N) is 1. The zero-order valence-corrected chi connectivity index (χ0v) is 9.10. The molecule has 0 aliphatic carbocycles. The van der Waals surface area contributed by atoms with Gasteiger partial charge in [-0.2, -0.15) is 5.10 Å². The smallest absolute Gasteiger partial charge is 0.354 e. The number of benzene rings is 1. The zero-order chi connectivity index (χ0) is 12.4. The number of nitrogen functional groups attached to an aromatic ring is 1. The van der Waals surface area contributed by atoms with Gasteiger partial charge in [0.2, 0.25) is 0 Å². The summed E-state index contributed by atoms with van der Waals surface area (Å²) in [4.78, 5) is 11.0. The highest BCUT2D eigenvalue weighted by molar-refractivity contribution is 5.97. The van der Waals surface area contributed by atoms with Gasteiger partial charge in [-0.05, 0) is 17.7 Å². The van der Waals surface area contributed by atoms with Crippen molar-refractivity contribution < 1.29 is 14.6 Å². The van der Waals surface area contributed by atoms with Crippen LogP contribution >= 0.6 is 0 Å². The van der Waals surface area contributed by atoms with Gasteiger partial charge in [0.1, 0.15) is 5.75 Å². The Morgan fingerprint density at radius 1 is 1.41 bits per heavy atom. The number of hydrogen-bond donors (Lipinski definition) is 3. The standard InChI is InChI=1S/C11H11N3O3/c1-17-7-4-2-6(3-5-7)8-9(11(15)16)13-14-10(8)12/h2-5H,1H3,(H,15,16)(H3,12,13,14). The lowest BCUT2D eigenvalue weighted by atomic mass is 10.1. The molecule has 0 saturated heterocycles. The molecule has 0 spiro atoms. The molecule has 2 rings (SSSR count). The van der Waals surface area contributed by atoms with E-state index >= 15 is 0 Å². The second-order valence-electron chi connectivity index (χ2n) is 3.39. The van der Waals surface area contributed by atoms with Crippen LogP contribution in [0.2, 0.25) is 0 Å². The zero-order valence-electron chi connectivity index (χ0n) is 9.10. The number of nitrogens with zero attached hydrogens (tertiary/aromatic N) is 1.